The van der Waals surface area contributed by atoms with Crippen LogP contribution in [-0.2, 0) is 4.79 Å². The van der Waals surface area contributed by atoms with Crippen molar-refractivity contribution in [3.05, 3.63) is 0 Å². The minimum atomic E-state index is -0.363. The Bertz CT molecular complexity index is 266. The van der Waals surface area contributed by atoms with Crippen molar-refractivity contribution >= 4 is 18.3 Å². The number of hydrogen-bond donors (Lipinski definition) is 3. The first-order valence-electron chi connectivity index (χ1n) is 7.41. The molecule has 0 saturated heterocycles. The number of carbonyl (C=O) groups is 1. The number of amides is 1. The average Bonchev–Trinajstić information content (AvgIpc) is 3.21. The minimum Gasteiger partial charge on any atom is -0.391 e. The maximum Gasteiger partial charge on any atom is 0.234 e. The van der Waals surface area contributed by atoms with Gasteiger partial charge in [0.2, 0.25) is 5.91 Å². The summed E-state index contributed by atoms with van der Waals surface area (Å²) in [6, 6.07) is 0. The molecule has 0 spiro atoms. The van der Waals surface area contributed by atoms with E-state index in [1.54, 1.807) is 0 Å². The van der Waals surface area contributed by atoms with Gasteiger partial charge in [0.25, 0.3) is 0 Å². The summed E-state index contributed by atoms with van der Waals surface area (Å²) in [5.41, 5.74) is 0. The zero-order chi connectivity index (χ0) is 12.8. The Labute approximate surface area is 122 Å². The Morgan fingerprint density at radius 3 is 2.47 bits per heavy atom. The molecule has 1 amide bonds. The molecule has 0 aromatic carbocycles. The number of halogens is 1. The summed E-state index contributed by atoms with van der Waals surface area (Å²) in [5, 5.41) is 16.0. The fraction of sp³-hybridized carbons (Fsp3) is 0.929. The van der Waals surface area contributed by atoms with E-state index < -0.39 is 0 Å². The molecule has 1 atom stereocenters. The monoisotopic (exact) mass is 290 g/mol. The van der Waals surface area contributed by atoms with Gasteiger partial charge in [-0.05, 0) is 44.1 Å². The smallest absolute Gasteiger partial charge is 0.234 e. The van der Waals surface area contributed by atoms with Gasteiger partial charge in [-0.25, -0.2) is 0 Å². The molecule has 3 N–H and O–H groups in total. The van der Waals surface area contributed by atoms with Crippen LogP contribution in [0.5, 0.6) is 0 Å². The molecular formula is C14H27ClN2O2. The summed E-state index contributed by atoms with van der Waals surface area (Å²) in [6.07, 6.45) is 8.19. The largest absolute Gasteiger partial charge is 0.391 e. The van der Waals surface area contributed by atoms with Gasteiger partial charge in [0.05, 0.1) is 12.6 Å². The average molecular weight is 291 g/mol. The van der Waals surface area contributed by atoms with E-state index in [1.807, 2.05) is 0 Å². The van der Waals surface area contributed by atoms with Crippen molar-refractivity contribution < 1.29 is 9.90 Å². The number of aliphatic hydroxyl groups is 1. The van der Waals surface area contributed by atoms with Crippen LogP contribution >= 0.6 is 12.4 Å². The van der Waals surface area contributed by atoms with Crippen LogP contribution in [0.25, 0.3) is 0 Å². The van der Waals surface area contributed by atoms with E-state index in [0.29, 0.717) is 19.0 Å². The van der Waals surface area contributed by atoms with Gasteiger partial charge in [0, 0.05) is 6.54 Å². The van der Waals surface area contributed by atoms with Crippen molar-refractivity contribution in [1.82, 2.24) is 10.6 Å². The first kappa shape index (κ1) is 16.7. The predicted octanol–water partition coefficient (Wildman–Crippen LogP) is 1.47. The Hall–Kier alpha value is -0.320. The van der Waals surface area contributed by atoms with Gasteiger partial charge in [-0.1, -0.05) is 19.3 Å². The van der Waals surface area contributed by atoms with Gasteiger partial charge in [-0.3, -0.25) is 4.79 Å². The molecular weight excluding hydrogens is 264 g/mol. The van der Waals surface area contributed by atoms with Crippen LogP contribution in [0.2, 0.25) is 0 Å². The summed E-state index contributed by atoms with van der Waals surface area (Å²) < 4.78 is 0. The molecule has 2 saturated carbocycles. The summed E-state index contributed by atoms with van der Waals surface area (Å²) in [5.74, 6) is 1.19. The van der Waals surface area contributed by atoms with Crippen molar-refractivity contribution in [2.45, 2.75) is 51.0 Å². The second-order valence-corrected chi connectivity index (χ2v) is 5.84. The number of hydrogen-bond acceptors (Lipinski definition) is 3. The number of rotatable bonds is 7. The number of carbonyl (C=O) groups excluding carboxylic acids is 1. The Kier molecular flexibility index (Phi) is 7.73. The van der Waals surface area contributed by atoms with E-state index in [0.717, 1.165) is 25.3 Å². The van der Waals surface area contributed by atoms with E-state index in [-0.39, 0.29) is 24.4 Å². The molecule has 112 valence electrons. The van der Waals surface area contributed by atoms with Gasteiger partial charge in [0.15, 0.2) is 0 Å². The van der Waals surface area contributed by atoms with Crippen LogP contribution < -0.4 is 10.6 Å². The summed E-state index contributed by atoms with van der Waals surface area (Å²) >= 11 is 0. The molecule has 19 heavy (non-hydrogen) atoms. The fourth-order valence-electron chi connectivity index (χ4n) is 2.68. The lowest BCUT2D eigenvalue weighted by Gasteiger charge is -2.26. The topological polar surface area (TPSA) is 61.4 Å². The highest BCUT2D eigenvalue weighted by molar-refractivity contribution is 5.85. The van der Waals surface area contributed by atoms with Gasteiger partial charge in [-0.15, -0.1) is 12.4 Å². The molecule has 2 rings (SSSR count). The lowest BCUT2D eigenvalue weighted by atomic mass is 9.85. The van der Waals surface area contributed by atoms with Gasteiger partial charge < -0.3 is 15.7 Å². The van der Waals surface area contributed by atoms with Crippen molar-refractivity contribution in [3.63, 3.8) is 0 Å². The highest BCUT2D eigenvalue weighted by atomic mass is 35.5. The molecule has 2 fully saturated rings. The van der Waals surface area contributed by atoms with Crippen LogP contribution in [0.4, 0.5) is 0 Å². The first-order chi connectivity index (χ1) is 8.75. The molecule has 0 aromatic rings. The number of nitrogens with one attached hydrogen (secondary N) is 2. The summed E-state index contributed by atoms with van der Waals surface area (Å²) in [7, 11) is 0. The third kappa shape index (κ3) is 6.59. The van der Waals surface area contributed by atoms with E-state index >= 15 is 0 Å². The molecule has 0 aliphatic heterocycles. The van der Waals surface area contributed by atoms with Gasteiger partial charge in [-0.2, -0.15) is 0 Å². The third-order valence-corrected chi connectivity index (χ3v) is 4.12. The molecule has 2 aliphatic rings. The summed E-state index contributed by atoms with van der Waals surface area (Å²) in [4.78, 5) is 11.5. The van der Waals surface area contributed by atoms with Crippen molar-refractivity contribution in [2.24, 2.45) is 11.8 Å². The van der Waals surface area contributed by atoms with E-state index in [2.05, 4.69) is 10.6 Å². The van der Waals surface area contributed by atoms with Crippen LogP contribution in [0.15, 0.2) is 0 Å². The third-order valence-electron chi connectivity index (χ3n) is 4.12. The molecule has 0 bridgehead atoms. The second kappa shape index (κ2) is 8.77. The SMILES string of the molecule is Cl.O=C(CNCC1CC1)NCC(O)C1CCCCC1. The molecule has 0 heterocycles. The van der Waals surface area contributed by atoms with E-state index in [9.17, 15) is 9.90 Å². The molecule has 4 nitrogen and oxygen atoms in total. The van der Waals surface area contributed by atoms with Gasteiger partial charge >= 0.3 is 0 Å². The van der Waals surface area contributed by atoms with Crippen molar-refractivity contribution in [3.8, 4) is 0 Å². The second-order valence-electron chi connectivity index (χ2n) is 5.84. The standard InChI is InChI=1S/C14H26N2O2.ClH/c17-13(12-4-2-1-3-5-12)9-16-14(18)10-15-8-11-6-7-11;/h11-13,15,17H,1-10H2,(H,16,18);1H. The summed E-state index contributed by atoms with van der Waals surface area (Å²) in [6.45, 7) is 1.75. The lowest BCUT2D eigenvalue weighted by molar-refractivity contribution is -0.120. The van der Waals surface area contributed by atoms with Crippen LogP contribution in [0.3, 0.4) is 0 Å². The van der Waals surface area contributed by atoms with Crippen LogP contribution in [0, 0.1) is 11.8 Å². The van der Waals surface area contributed by atoms with E-state index in [4.69, 9.17) is 0 Å². The predicted molar refractivity (Wildman–Crippen MR) is 78.4 cm³/mol. The highest BCUT2D eigenvalue weighted by Gasteiger charge is 2.22. The molecule has 0 radical (unpaired) electrons. The zero-order valence-corrected chi connectivity index (χ0v) is 12.4. The van der Waals surface area contributed by atoms with Gasteiger partial charge in [0.1, 0.15) is 0 Å². The molecule has 0 aromatic heterocycles. The lowest BCUT2D eigenvalue weighted by Crippen LogP contribution is -2.41. The van der Waals surface area contributed by atoms with E-state index in [1.165, 1.54) is 32.1 Å². The Morgan fingerprint density at radius 1 is 1.16 bits per heavy atom. The Morgan fingerprint density at radius 2 is 1.84 bits per heavy atom. The fourth-order valence-corrected chi connectivity index (χ4v) is 2.68. The molecule has 1 unspecified atom stereocenters. The van der Waals surface area contributed by atoms with Crippen molar-refractivity contribution in [2.75, 3.05) is 19.6 Å². The quantitative estimate of drug-likeness (QED) is 0.665. The number of aliphatic hydroxyl groups excluding tert-OH is 1. The maximum absolute atomic E-state index is 11.5. The Balaban J connectivity index is 0.00000180. The molecule has 2 aliphatic carbocycles. The molecule has 5 heteroatoms. The minimum absolute atomic E-state index is 0. The zero-order valence-electron chi connectivity index (χ0n) is 11.6. The van der Waals surface area contributed by atoms with Crippen LogP contribution in [0.1, 0.15) is 44.9 Å². The van der Waals surface area contributed by atoms with Crippen LogP contribution in [-0.4, -0.2) is 36.8 Å². The van der Waals surface area contributed by atoms with Crippen molar-refractivity contribution in [1.29, 1.82) is 0 Å². The first-order valence-corrected chi connectivity index (χ1v) is 7.41. The normalized spacial score (nSPS) is 21.5. The maximum atomic E-state index is 11.5. The highest BCUT2D eigenvalue weighted by Crippen LogP contribution is 2.27.